The van der Waals surface area contributed by atoms with E-state index < -0.39 is 5.97 Å². The third kappa shape index (κ3) is 2.99. The lowest BCUT2D eigenvalue weighted by atomic mass is 9.89. The van der Waals surface area contributed by atoms with Gasteiger partial charge in [0.15, 0.2) is 0 Å². The molecule has 0 unspecified atom stereocenters. The molecule has 0 aliphatic carbocycles. The van der Waals surface area contributed by atoms with Gasteiger partial charge in [0.1, 0.15) is 0 Å². The number of nitrogens with zero attached hydrogens (tertiary/aromatic N) is 2. The van der Waals surface area contributed by atoms with Crippen molar-refractivity contribution in [2.75, 3.05) is 33.2 Å². The van der Waals surface area contributed by atoms with E-state index in [1.165, 1.54) is 19.5 Å². The standard InChI is InChI=1S/C13H24N2O2/c1-10-9-14(2)6-5-12(10)15-7-3-11(4-8-15)13(16)17/h10-12H,3-9H2,1-2H3,(H,16,17)/t10-,12+/m0/s1. The number of piperidine rings is 2. The minimum atomic E-state index is -0.610. The van der Waals surface area contributed by atoms with Crippen LogP contribution in [0.4, 0.5) is 0 Å². The average Bonchev–Trinajstić information content (AvgIpc) is 2.29. The van der Waals surface area contributed by atoms with Gasteiger partial charge in [-0.15, -0.1) is 0 Å². The lowest BCUT2D eigenvalue weighted by Crippen LogP contribution is -2.51. The fourth-order valence-corrected chi connectivity index (χ4v) is 3.36. The number of aliphatic carboxylic acids is 1. The Morgan fingerprint density at radius 3 is 2.35 bits per heavy atom. The molecule has 0 amide bonds. The van der Waals surface area contributed by atoms with E-state index in [-0.39, 0.29) is 5.92 Å². The lowest BCUT2D eigenvalue weighted by molar-refractivity contribution is -0.143. The van der Waals surface area contributed by atoms with E-state index in [4.69, 9.17) is 5.11 Å². The highest BCUT2D eigenvalue weighted by Gasteiger charge is 2.33. The summed E-state index contributed by atoms with van der Waals surface area (Å²) in [6.07, 6.45) is 2.89. The Morgan fingerprint density at radius 1 is 1.18 bits per heavy atom. The van der Waals surface area contributed by atoms with Crippen molar-refractivity contribution in [3.8, 4) is 0 Å². The van der Waals surface area contributed by atoms with Gasteiger partial charge in [-0.25, -0.2) is 0 Å². The Balaban J connectivity index is 1.86. The molecule has 4 heteroatoms. The number of hydrogen-bond donors (Lipinski definition) is 1. The van der Waals surface area contributed by atoms with Crippen LogP contribution in [0.2, 0.25) is 0 Å². The minimum absolute atomic E-state index is 0.104. The van der Waals surface area contributed by atoms with Crippen LogP contribution < -0.4 is 0 Å². The number of likely N-dealkylation sites (tertiary alicyclic amines) is 2. The third-order valence-electron chi connectivity index (χ3n) is 4.41. The Labute approximate surface area is 104 Å². The van der Waals surface area contributed by atoms with Gasteiger partial charge in [-0.3, -0.25) is 9.69 Å². The van der Waals surface area contributed by atoms with Crippen LogP contribution in [0.25, 0.3) is 0 Å². The summed E-state index contributed by atoms with van der Waals surface area (Å²) in [4.78, 5) is 15.8. The maximum atomic E-state index is 10.9. The number of carbonyl (C=O) groups is 1. The van der Waals surface area contributed by atoms with Crippen molar-refractivity contribution >= 4 is 5.97 Å². The first-order chi connectivity index (χ1) is 8.08. The minimum Gasteiger partial charge on any atom is -0.481 e. The highest BCUT2D eigenvalue weighted by atomic mass is 16.4. The smallest absolute Gasteiger partial charge is 0.306 e. The van der Waals surface area contributed by atoms with Crippen molar-refractivity contribution in [3.05, 3.63) is 0 Å². The molecule has 0 aromatic rings. The Hall–Kier alpha value is -0.610. The topological polar surface area (TPSA) is 43.8 Å². The van der Waals surface area contributed by atoms with E-state index in [1.54, 1.807) is 0 Å². The quantitative estimate of drug-likeness (QED) is 0.785. The predicted molar refractivity (Wildman–Crippen MR) is 67.0 cm³/mol. The molecule has 2 atom stereocenters. The Kier molecular flexibility index (Phi) is 4.05. The summed E-state index contributed by atoms with van der Waals surface area (Å²) in [7, 11) is 2.18. The van der Waals surface area contributed by atoms with Gasteiger partial charge < -0.3 is 10.0 Å². The second-order valence-corrected chi connectivity index (χ2v) is 5.74. The Bertz CT molecular complexity index is 275. The maximum absolute atomic E-state index is 10.9. The molecule has 0 aromatic carbocycles. The molecule has 4 nitrogen and oxygen atoms in total. The molecule has 0 radical (unpaired) electrons. The normalized spacial score (nSPS) is 33.8. The molecule has 2 rings (SSSR count). The monoisotopic (exact) mass is 240 g/mol. The number of hydrogen-bond acceptors (Lipinski definition) is 3. The molecule has 98 valence electrons. The summed E-state index contributed by atoms with van der Waals surface area (Å²) < 4.78 is 0. The third-order valence-corrected chi connectivity index (χ3v) is 4.41. The predicted octanol–water partition coefficient (Wildman–Crippen LogP) is 1.12. The van der Waals surface area contributed by atoms with Gasteiger partial charge in [0.2, 0.25) is 0 Å². The molecular formula is C13H24N2O2. The largest absolute Gasteiger partial charge is 0.481 e. The molecule has 2 heterocycles. The van der Waals surface area contributed by atoms with Crippen molar-refractivity contribution in [1.29, 1.82) is 0 Å². The zero-order chi connectivity index (χ0) is 12.4. The summed E-state index contributed by atoms with van der Waals surface area (Å²) in [6.45, 7) is 6.60. The van der Waals surface area contributed by atoms with E-state index in [2.05, 4.69) is 23.8 Å². The van der Waals surface area contributed by atoms with Crippen molar-refractivity contribution in [3.63, 3.8) is 0 Å². The van der Waals surface area contributed by atoms with E-state index in [0.717, 1.165) is 25.9 Å². The first-order valence-corrected chi connectivity index (χ1v) is 6.73. The van der Waals surface area contributed by atoms with E-state index >= 15 is 0 Å². The molecule has 0 aromatic heterocycles. The van der Waals surface area contributed by atoms with E-state index in [0.29, 0.717) is 12.0 Å². The van der Waals surface area contributed by atoms with E-state index in [9.17, 15) is 4.79 Å². The van der Waals surface area contributed by atoms with Crippen LogP contribution in [0.1, 0.15) is 26.2 Å². The van der Waals surface area contributed by atoms with E-state index in [1.807, 2.05) is 0 Å². The summed E-state index contributed by atoms with van der Waals surface area (Å²) in [5, 5.41) is 9.00. The molecule has 0 saturated carbocycles. The van der Waals surface area contributed by atoms with Gasteiger partial charge >= 0.3 is 5.97 Å². The second-order valence-electron chi connectivity index (χ2n) is 5.74. The Morgan fingerprint density at radius 2 is 1.82 bits per heavy atom. The number of rotatable bonds is 2. The molecule has 0 spiro atoms. The van der Waals surface area contributed by atoms with Crippen molar-refractivity contribution < 1.29 is 9.90 Å². The molecule has 2 aliphatic rings. The summed E-state index contributed by atoms with van der Waals surface area (Å²) in [5.74, 6) is -0.0102. The maximum Gasteiger partial charge on any atom is 0.306 e. The highest BCUT2D eigenvalue weighted by molar-refractivity contribution is 5.70. The first kappa shape index (κ1) is 12.8. The van der Waals surface area contributed by atoms with Crippen LogP contribution >= 0.6 is 0 Å². The van der Waals surface area contributed by atoms with Gasteiger partial charge in [0.05, 0.1) is 5.92 Å². The first-order valence-electron chi connectivity index (χ1n) is 6.73. The summed E-state index contributed by atoms with van der Waals surface area (Å²) in [5.41, 5.74) is 0. The number of carboxylic acid groups (broad SMARTS) is 1. The molecule has 0 bridgehead atoms. The number of carboxylic acids is 1. The fraction of sp³-hybridized carbons (Fsp3) is 0.923. The highest BCUT2D eigenvalue weighted by Crippen LogP contribution is 2.26. The molecular weight excluding hydrogens is 216 g/mol. The van der Waals surface area contributed by atoms with Crippen LogP contribution in [0.15, 0.2) is 0 Å². The van der Waals surface area contributed by atoms with Gasteiger partial charge in [-0.05, 0) is 51.9 Å². The van der Waals surface area contributed by atoms with Gasteiger partial charge in [0.25, 0.3) is 0 Å². The van der Waals surface area contributed by atoms with Crippen LogP contribution in [-0.4, -0.2) is 60.1 Å². The molecule has 17 heavy (non-hydrogen) atoms. The second kappa shape index (κ2) is 5.36. The van der Waals surface area contributed by atoms with Crippen molar-refractivity contribution in [2.45, 2.75) is 32.2 Å². The van der Waals surface area contributed by atoms with Crippen molar-refractivity contribution in [1.82, 2.24) is 9.80 Å². The van der Waals surface area contributed by atoms with Crippen LogP contribution in [-0.2, 0) is 4.79 Å². The zero-order valence-electron chi connectivity index (χ0n) is 10.9. The summed E-state index contributed by atoms with van der Waals surface area (Å²) in [6, 6.07) is 0.668. The zero-order valence-corrected chi connectivity index (χ0v) is 10.9. The SMILES string of the molecule is C[C@H]1CN(C)CC[C@H]1N1CCC(C(=O)O)CC1. The van der Waals surface area contributed by atoms with Crippen LogP contribution in [0, 0.1) is 11.8 Å². The average molecular weight is 240 g/mol. The molecule has 2 saturated heterocycles. The fourth-order valence-electron chi connectivity index (χ4n) is 3.36. The lowest BCUT2D eigenvalue weighted by Gasteiger charge is -2.44. The van der Waals surface area contributed by atoms with Gasteiger partial charge in [-0.2, -0.15) is 0 Å². The summed E-state index contributed by atoms with van der Waals surface area (Å²) >= 11 is 0. The van der Waals surface area contributed by atoms with Gasteiger partial charge in [-0.1, -0.05) is 6.92 Å². The van der Waals surface area contributed by atoms with Crippen molar-refractivity contribution in [2.24, 2.45) is 11.8 Å². The molecule has 1 N–H and O–H groups in total. The van der Waals surface area contributed by atoms with Crippen LogP contribution in [0.3, 0.4) is 0 Å². The molecule has 2 fully saturated rings. The molecule has 2 aliphatic heterocycles. The van der Waals surface area contributed by atoms with Crippen LogP contribution in [0.5, 0.6) is 0 Å². The van der Waals surface area contributed by atoms with Gasteiger partial charge in [0, 0.05) is 12.6 Å².